The van der Waals surface area contributed by atoms with E-state index in [4.69, 9.17) is 15.2 Å². The number of fused-ring (bicyclic) bond motifs is 6. The Morgan fingerprint density at radius 3 is 2.81 bits per heavy atom. The lowest BCUT2D eigenvalue weighted by Crippen LogP contribution is -2.77. The molecule has 17 bridgehead atoms. The lowest BCUT2D eigenvalue weighted by molar-refractivity contribution is -0.275. The van der Waals surface area contributed by atoms with Gasteiger partial charge in [-0.15, -0.1) is 0 Å². The van der Waals surface area contributed by atoms with Crippen molar-refractivity contribution in [3.63, 3.8) is 0 Å². The van der Waals surface area contributed by atoms with Gasteiger partial charge in [-0.2, -0.15) is 0 Å². The first-order chi connectivity index (χ1) is 30.8. The summed E-state index contributed by atoms with van der Waals surface area (Å²) >= 11 is 0. The van der Waals surface area contributed by atoms with Crippen LogP contribution in [-0.4, -0.2) is 60.0 Å². The van der Waals surface area contributed by atoms with Crippen molar-refractivity contribution in [3.05, 3.63) is 116 Å². The van der Waals surface area contributed by atoms with Crippen LogP contribution in [0.25, 0.3) is 0 Å². The van der Waals surface area contributed by atoms with E-state index in [1.807, 2.05) is 0 Å². The molecular weight excluding hydrogens is 779 g/mol. The number of nitrogens with zero attached hydrogens (tertiary/aromatic N) is 2. The SMILES string of the molecule is C[C@H]1[C@@H]2C3=CC4=C5CC[C@@]67/C8=C\C[C@H](C)N9C[C@H]%10C[C@@H](C9)[C@@H]9CCC(=C([C@@H]52)N9C%10)[C@@H]1C#CCc1ccc(cc1C3)CCCC[C@@H]([C@]46C(=O)O8)[C@@]71OC(=O)c2c(CCCN)cccc21. The van der Waals surface area contributed by atoms with Crippen LogP contribution < -0.4 is 5.73 Å². The largest absolute Gasteiger partial charge is 0.449 e. The van der Waals surface area contributed by atoms with Gasteiger partial charge in [0, 0.05) is 67.2 Å². The molecule has 3 spiro atoms. The highest BCUT2D eigenvalue weighted by Crippen LogP contribution is 2.87. The van der Waals surface area contributed by atoms with E-state index in [-0.39, 0.29) is 29.7 Å². The van der Waals surface area contributed by atoms with E-state index >= 15 is 4.79 Å². The second kappa shape index (κ2) is 13.1. The number of carbonyl (C=O) groups is 2. The van der Waals surface area contributed by atoms with E-state index in [2.05, 4.69) is 84.0 Å². The van der Waals surface area contributed by atoms with Gasteiger partial charge in [0.25, 0.3) is 0 Å². The fraction of sp³-hybridized carbons (Fsp3) is 0.571. The number of carbonyl (C=O) groups excluding carboxylic acids is 2. The number of esters is 2. The minimum atomic E-state index is -1.01. The molecular formula is C56H61N3O4. The second-order valence-electron chi connectivity index (χ2n) is 22.2. The molecule has 6 aliphatic carbocycles. The molecule has 1 unspecified atom stereocenters. The van der Waals surface area contributed by atoms with Gasteiger partial charge in [0.05, 0.1) is 11.0 Å². The number of piperidine rings is 2. The predicted molar refractivity (Wildman–Crippen MR) is 241 cm³/mol. The Labute approximate surface area is 372 Å². The van der Waals surface area contributed by atoms with Crippen LogP contribution in [-0.2, 0) is 45.6 Å². The quantitative estimate of drug-likeness (QED) is 0.245. The lowest BCUT2D eigenvalue weighted by atomic mass is 9.29. The smallest absolute Gasteiger partial charge is 0.339 e. The third-order valence-electron chi connectivity index (χ3n) is 19.7. The molecule has 2 aromatic carbocycles. The van der Waals surface area contributed by atoms with E-state index in [0.717, 1.165) is 119 Å². The molecule has 7 nitrogen and oxygen atoms in total. The maximum absolute atomic E-state index is 16.0. The highest BCUT2D eigenvalue weighted by molar-refractivity contribution is 6.00. The molecule has 324 valence electrons. The number of aryl methyl sites for hydroxylation is 2. The van der Waals surface area contributed by atoms with Gasteiger partial charge in [-0.05, 0) is 154 Å². The van der Waals surface area contributed by atoms with Crippen molar-refractivity contribution in [3.8, 4) is 11.8 Å². The number of nitrogens with two attached hydrogens (primary N) is 1. The molecule has 2 aromatic rings. The zero-order valence-corrected chi connectivity index (χ0v) is 37.1. The maximum Gasteiger partial charge on any atom is 0.339 e. The van der Waals surface area contributed by atoms with Gasteiger partial charge in [-0.3, -0.25) is 9.69 Å². The topological polar surface area (TPSA) is 85.1 Å². The molecule has 2 N–H and O–H groups in total. The fourth-order valence-electron chi connectivity index (χ4n) is 17.5. The third kappa shape index (κ3) is 4.52. The zero-order chi connectivity index (χ0) is 42.1. The Hall–Kier alpha value is -4.38. The molecule has 1 saturated carbocycles. The van der Waals surface area contributed by atoms with E-state index in [1.54, 1.807) is 11.3 Å². The molecule has 0 aromatic heterocycles. The average molecular weight is 840 g/mol. The van der Waals surface area contributed by atoms with Gasteiger partial charge in [-0.25, -0.2) is 4.79 Å². The van der Waals surface area contributed by atoms with Crippen LogP contribution in [0.5, 0.6) is 0 Å². The van der Waals surface area contributed by atoms with Crippen molar-refractivity contribution in [1.82, 2.24) is 9.80 Å². The molecule has 15 aliphatic rings. The summed E-state index contributed by atoms with van der Waals surface area (Å²) in [5, 5.41) is 0. The van der Waals surface area contributed by atoms with Gasteiger partial charge in [0.1, 0.15) is 11.2 Å². The average Bonchev–Trinajstić information content (AvgIpc) is 3.73. The Morgan fingerprint density at radius 1 is 0.984 bits per heavy atom. The van der Waals surface area contributed by atoms with Crippen molar-refractivity contribution >= 4 is 11.9 Å². The summed E-state index contributed by atoms with van der Waals surface area (Å²) in [4.78, 5) is 36.7. The molecule has 0 radical (unpaired) electrons. The van der Waals surface area contributed by atoms with Crippen molar-refractivity contribution < 1.29 is 19.1 Å². The lowest BCUT2D eigenvalue weighted by Gasteiger charge is -2.71. The van der Waals surface area contributed by atoms with Gasteiger partial charge < -0.3 is 20.1 Å². The maximum atomic E-state index is 16.0. The summed E-state index contributed by atoms with van der Waals surface area (Å²) in [6, 6.07) is 14.5. The Morgan fingerprint density at radius 2 is 1.90 bits per heavy atom. The number of hydrogen-bond donors (Lipinski definition) is 1. The van der Waals surface area contributed by atoms with E-state index < -0.39 is 16.4 Å². The molecule has 3 saturated heterocycles. The molecule has 13 atom stereocenters. The monoisotopic (exact) mass is 839 g/mol. The van der Waals surface area contributed by atoms with Crippen LogP contribution in [0.3, 0.4) is 0 Å². The van der Waals surface area contributed by atoms with Crippen LogP contribution in [0.2, 0.25) is 0 Å². The zero-order valence-electron chi connectivity index (χ0n) is 37.1. The molecule has 9 heterocycles. The summed E-state index contributed by atoms with van der Waals surface area (Å²) in [6.07, 6.45) is 17.8. The first-order valence-corrected chi connectivity index (χ1v) is 25.0. The number of ether oxygens (including phenoxy) is 2. The van der Waals surface area contributed by atoms with Crippen LogP contribution >= 0.6 is 0 Å². The van der Waals surface area contributed by atoms with Gasteiger partial charge >= 0.3 is 11.9 Å². The van der Waals surface area contributed by atoms with Crippen molar-refractivity contribution in [2.24, 2.45) is 58.0 Å². The first-order valence-electron chi connectivity index (χ1n) is 25.0. The molecule has 63 heavy (non-hydrogen) atoms. The van der Waals surface area contributed by atoms with Crippen LogP contribution in [0.4, 0.5) is 0 Å². The van der Waals surface area contributed by atoms with Crippen LogP contribution in [0, 0.1) is 64.1 Å². The third-order valence-corrected chi connectivity index (χ3v) is 19.7. The first kappa shape index (κ1) is 37.9. The standard InChI is InChI=1S/C56H61N3O4/c1-31-15-20-47-54-22-21-42-44-27-38-26-37-24-33(8-3-4-14-46(55(44,54)53(61)62-47)56(54)43-13-6-10-36(11-7-23-57)49(43)52(60)63-56)16-17-35(37)9-5-12-40-32(2)48(38)50(42)51-41(40)18-19-45-39-25-34(29-59(45)51)28-58(31)30-39/h6,10,13,16-17,20,24,27,31-32,34,39-40,45-46,48,50H,3-4,7-9,11,14-15,18-19,21-23,25-26,28-30,57H2,1-2H3/b47-20+/t31-,32+,34+,39-,40+,45-,46-,48+,50-,54+,55-,56+/m0/s1. The molecule has 7 heteroatoms. The van der Waals surface area contributed by atoms with Gasteiger partial charge in [-0.1, -0.05) is 78.8 Å². The summed E-state index contributed by atoms with van der Waals surface area (Å²) in [7, 11) is 0. The number of hydrogen-bond acceptors (Lipinski definition) is 7. The number of allylic oxidation sites excluding steroid dienone is 4. The molecule has 0 amide bonds. The summed E-state index contributed by atoms with van der Waals surface area (Å²) in [6.45, 7) is 8.84. The fourth-order valence-corrected chi connectivity index (χ4v) is 17.5. The molecule has 4 fully saturated rings. The Kier molecular flexibility index (Phi) is 7.91. The second-order valence-corrected chi connectivity index (χ2v) is 22.2. The van der Waals surface area contributed by atoms with E-state index in [9.17, 15) is 4.79 Å². The highest BCUT2D eigenvalue weighted by atomic mass is 16.6. The minimum absolute atomic E-state index is 0.100. The summed E-state index contributed by atoms with van der Waals surface area (Å²) < 4.78 is 14.3. The Balaban J connectivity index is 1.09. The van der Waals surface area contributed by atoms with E-state index in [0.29, 0.717) is 42.3 Å². The van der Waals surface area contributed by atoms with Crippen molar-refractivity contribution in [2.45, 2.75) is 121 Å². The Bertz CT molecular complexity index is 2640. The number of benzene rings is 2. The van der Waals surface area contributed by atoms with E-state index in [1.165, 1.54) is 46.3 Å². The predicted octanol–water partition coefficient (Wildman–Crippen LogP) is 8.51. The van der Waals surface area contributed by atoms with Crippen LogP contribution in [0.15, 0.2) is 82.3 Å². The van der Waals surface area contributed by atoms with Gasteiger partial charge in [0.2, 0.25) is 0 Å². The highest BCUT2D eigenvalue weighted by Gasteiger charge is 2.92. The molecule has 17 rings (SSSR count). The molecule has 9 aliphatic heterocycles. The summed E-state index contributed by atoms with van der Waals surface area (Å²) in [5.41, 5.74) is 17.6. The van der Waals surface area contributed by atoms with Gasteiger partial charge in [0.15, 0.2) is 5.60 Å². The summed E-state index contributed by atoms with van der Waals surface area (Å²) in [5.74, 6) is 10.4. The van der Waals surface area contributed by atoms with Crippen molar-refractivity contribution in [2.75, 3.05) is 26.2 Å². The van der Waals surface area contributed by atoms with Crippen molar-refractivity contribution in [1.29, 1.82) is 0 Å². The van der Waals surface area contributed by atoms with Crippen LogP contribution in [0.1, 0.15) is 116 Å². The normalized spacial score (nSPS) is 42.5. The number of rotatable bonds is 3. The minimum Gasteiger partial charge on any atom is -0.449 e.